The first-order valence-corrected chi connectivity index (χ1v) is 8.86. The molecule has 0 amide bonds. The summed E-state index contributed by atoms with van der Waals surface area (Å²) >= 11 is 0. The predicted octanol–water partition coefficient (Wildman–Crippen LogP) is 2.10. The van der Waals surface area contributed by atoms with Gasteiger partial charge in [0, 0.05) is 26.4 Å². The van der Waals surface area contributed by atoms with E-state index in [0.717, 1.165) is 17.4 Å². The van der Waals surface area contributed by atoms with Crippen molar-refractivity contribution in [1.29, 1.82) is 0 Å². The lowest BCUT2D eigenvalue weighted by Gasteiger charge is -2.36. The summed E-state index contributed by atoms with van der Waals surface area (Å²) in [5.41, 5.74) is -0.557. The maximum atomic E-state index is 12.2. The Morgan fingerprint density at radius 3 is 2.60 bits per heavy atom. The van der Waals surface area contributed by atoms with Crippen molar-refractivity contribution in [3.8, 4) is 0 Å². The first kappa shape index (κ1) is 19.2. The van der Waals surface area contributed by atoms with Crippen molar-refractivity contribution in [2.45, 2.75) is 46.1 Å². The van der Waals surface area contributed by atoms with E-state index in [1.54, 1.807) is 7.05 Å². The third-order valence-corrected chi connectivity index (χ3v) is 5.10. The number of nitrogens with zero attached hydrogens (tertiary/aromatic N) is 2. The molecule has 25 heavy (non-hydrogen) atoms. The van der Waals surface area contributed by atoms with Crippen LogP contribution in [0.1, 0.15) is 45.6 Å². The summed E-state index contributed by atoms with van der Waals surface area (Å²) in [7, 11) is 2.98. The molecule has 1 aromatic rings. The van der Waals surface area contributed by atoms with Crippen LogP contribution in [-0.4, -0.2) is 21.2 Å². The first-order valence-electron chi connectivity index (χ1n) is 8.86. The van der Waals surface area contributed by atoms with Crippen LogP contribution < -0.4 is 11.2 Å². The SMILES string of the molecule is CC1CCC(C(C)C)C(OC(=O)/C=C/c2cn(C)c(=O)n(C)c2=O)C1. The Labute approximate surface area is 148 Å². The number of esters is 1. The molecule has 138 valence electrons. The number of carbonyl (C=O) groups excluding carboxylic acids is 1. The molecule has 1 aliphatic rings. The Kier molecular flexibility index (Phi) is 6.03. The molecule has 1 saturated carbocycles. The second-order valence-electron chi connectivity index (χ2n) is 7.48. The van der Waals surface area contributed by atoms with E-state index in [0.29, 0.717) is 17.8 Å². The summed E-state index contributed by atoms with van der Waals surface area (Å²) in [6.07, 6.45) is 7.16. The van der Waals surface area contributed by atoms with Crippen LogP contribution in [0.3, 0.4) is 0 Å². The molecule has 1 fully saturated rings. The van der Waals surface area contributed by atoms with Gasteiger partial charge in [0.05, 0.1) is 5.56 Å². The Bertz CT molecular complexity index is 773. The third-order valence-electron chi connectivity index (χ3n) is 5.10. The van der Waals surface area contributed by atoms with Gasteiger partial charge in [-0.1, -0.05) is 27.2 Å². The Hall–Kier alpha value is -2.11. The van der Waals surface area contributed by atoms with Crippen molar-refractivity contribution in [3.63, 3.8) is 0 Å². The lowest BCUT2D eigenvalue weighted by molar-refractivity contribution is -0.149. The summed E-state index contributed by atoms with van der Waals surface area (Å²) in [5.74, 6) is 0.942. The lowest BCUT2D eigenvalue weighted by atomic mass is 9.75. The zero-order chi connectivity index (χ0) is 18.7. The third kappa shape index (κ3) is 4.50. The molecule has 6 nitrogen and oxygen atoms in total. The zero-order valence-corrected chi connectivity index (χ0v) is 15.7. The molecule has 0 aliphatic heterocycles. The number of aromatic nitrogens is 2. The fourth-order valence-electron chi connectivity index (χ4n) is 3.55. The molecule has 1 aromatic heterocycles. The normalized spacial score (nSPS) is 24.0. The van der Waals surface area contributed by atoms with E-state index in [2.05, 4.69) is 20.8 Å². The summed E-state index contributed by atoms with van der Waals surface area (Å²) in [4.78, 5) is 36.0. The second kappa shape index (κ2) is 7.85. The van der Waals surface area contributed by atoms with Crippen LogP contribution in [-0.2, 0) is 23.6 Å². The van der Waals surface area contributed by atoms with E-state index >= 15 is 0 Å². The van der Waals surface area contributed by atoms with E-state index in [1.807, 2.05) is 0 Å². The quantitative estimate of drug-likeness (QED) is 0.617. The molecule has 0 radical (unpaired) electrons. The van der Waals surface area contributed by atoms with Crippen molar-refractivity contribution in [2.75, 3.05) is 0 Å². The van der Waals surface area contributed by atoms with Crippen molar-refractivity contribution >= 4 is 12.0 Å². The molecule has 3 atom stereocenters. The largest absolute Gasteiger partial charge is 0.459 e. The molecule has 0 N–H and O–H groups in total. The van der Waals surface area contributed by atoms with Crippen molar-refractivity contribution in [1.82, 2.24) is 9.13 Å². The maximum Gasteiger partial charge on any atom is 0.331 e. The smallest absolute Gasteiger partial charge is 0.331 e. The van der Waals surface area contributed by atoms with E-state index < -0.39 is 17.2 Å². The molecule has 0 aromatic carbocycles. The van der Waals surface area contributed by atoms with Crippen LogP contribution in [0.2, 0.25) is 0 Å². The average Bonchev–Trinajstić information content (AvgIpc) is 2.54. The number of aryl methyl sites for hydroxylation is 1. The number of hydrogen-bond donors (Lipinski definition) is 0. The van der Waals surface area contributed by atoms with Gasteiger partial charge in [-0.3, -0.25) is 9.36 Å². The average molecular weight is 348 g/mol. The zero-order valence-electron chi connectivity index (χ0n) is 15.7. The Balaban J connectivity index is 2.13. The highest BCUT2D eigenvalue weighted by Gasteiger charge is 2.32. The van der Waals surface area contributed by atoms with E-state index in [9.17, 15) is 14.4 Å². The highest BCUT2D eigenvalue weighted by atomic mass is 16.5. The predicted molar refractivity (Wildman–Crippen MR) is 97.2 cm³/mol. The monoisotopic (exact) mass is 348 g/mol. The molecule has 0 saturated heterocycles. The van der Waals surface area contributed by atoms with Gasteiger partial charge in [-0.25, -0.2) is 9.59 Å². The molecule has 1 aliphatic carbocycles. The van der Waals surface area contributed by atoms with Crippen LogP contribution in [0.4, 0.5) is 0 Å². The second-order valence-corrected chi connectivity index (χ2v) is 7.48. The fourth-order valence-corrected chi connectivity index (χ4v) is 3.55. The Morgan fingerprint density at radius 2 is 1.96 bits per heavy atom. The molecular formula is C19H28N2O4. The van der Waals surface area contributed by atoms with Gasteiger partial charge in [0.15, 0.2) is 0 Å². The summed E-state index contributed by atoms with van der Waals surface area (Å²) in [6.45, 7) is 6.50. The van der Waals surface area contributed by atoms with Gasteiger partial charge >= 0.3 is 11.7 Å². The van der Waals surface area contributed by atoms with Crippen LogP contribution in [0.25, 0.3) is 6.08 Å². The minimum atomic E-state index is -0.444. The topological polar surface area (TPSA) is 70.3 Å². The minimum absolute atomic E-state index is 0.0798. The molecular weight excluding hydrogens is 320 g/mol. The van der Waals surface area contributed by atoms with Crippen molar-refractivity contribution in [3.05, 3.63) is 38.7 Å². The lowest BCUT2D eigenvalue weighted by Crippen LogP contribution is -2.37. The molecule has 1 heterocycles. The first-order chi connectivity index (χ1) is 11.7. The van der Waals surface area contributed by atoms with E-state index in [1.165, 1.54) is 36.4 Å². The molecule has 6 heteroatoms. The number of hydrogen-bond acceptors (Lipinski definition) is 4. The van der Waals surface area contributed by atoms with Crippen molar-refractivity contribution in [2.24, 2.45) is 31.8 Å². The molecule has 0 bridgehead atoms. The number of rotatable bonds is 4. The highest BCUT2D eigenvalue weighted by Crippen LogP contribution is 2.35. The van der Waals surface area contributed by atoms with Crippen molar-refractivity contribution < 1.29 is 9.53 Å². The van der Waals surface area contributed by atoms with E-state index in [-0.39, 0.29) is 11.7 Å². The molecule has 3 unspecified atom stereocenters. The van der Waals surface area contributed by atoms with Gasteiger partial charge in [0.2, 0.25) is 0 Å². The minimum Gasteiger partial charge on any atom is -0.459 e. The van der Waals surface area contributed by atoms with E-state index in [4.69, 9.17) is 4.74 Å². The van der Waals surface area contributed by atoms with Crippen LogP contribution in [0.5, 0.6) is 0 Å². The van der Waals surface area contributed by atoms with Gasteiger partial charge in [-0.2, -0.15) is 0 Å². The summed E-state index contributed by atoms with van der Waals surface area (Å²) in [5, 5.41) is 0. The van der Waals surface area contributed by atoms with Crippen LogP contribution in [0, 0.1) is 17.8 Å². The van der Waals surface area contributed by atoms with Gasteiger partial charge in [-0.05, 0) is 36.7 Å². The molecule has 0 spiro atoms. The number of carbonyl (C=O) groups is 1. The van der Waals surface area contributed by atoms with Gasteiger partial charge in [-0.15, -0.1) is 0 Å². The summed E-state index contributed by atoms with van der Waals surface area (Å²) in [6, 6.07) is 0. The van der Waals surface area contributed by atoms with Crippen LogP contribution >= 0.6 is 0 Å². The number of ether oxygens (including phenoxy) is 1. The maximum absolute atomic E-state index is 12.2. The Morgan fingerprint density at radius 1 is 1.28 bits per heavy atom. The van der Waals surface area contributed by atoms with Gasteiger partial charge in [0.25, 0.3) is 5.56 Å². The fraction of sp³-hybridized carbons (Fsp3) is 0.632. The highest BCUT2D eigenvalue weighted by molar-refractivity contribution is 5.87. The standard InChI is InChI=1S/C19H28N2O4/c1-12(2)15-8-6-13(3)10-16(15)25-17(22)9-7-14-11-20(4)19(24)21(5)18(14)23/h7,9,11-13,15-16H,6,8,10H2,1-5H3/b9-7+. The molecule has 2 rings (SSSR count). The van der Waals surface area contributed by atoms with Gasteiger partial charge in [0.1, 0.15) is 6.10 Å². The summed E-state index contributed by atoms with van der Waals surface area (Å²) < 4.78 is 8.00. The van der Waals surface area contributed by atoms with Crippen LogP contribution in [0.15, 0.2) is 21.9 Å². The van der Waals surface area contributed by atoms with Gasteiger partial charge < -0.3 is 9.30 Å².